The van der Waals surface area contributed by atoms with Gasteiger partial charge in [-0.15, -0.1) is 0 Å². The van der Waals surface area contributed by atoms with E-state index in [0.717, 1.165) is 16.7 Å². The number of hydrogen-bond acceptors (Lipinski definition) is 6. The van der Waals surface area contributed by atoms with Crippen LogP contribution in [0.15, 0.2) is 39.9 Å². The van der Waals surface area contributed by atoms with E-state index < -0.39 is 20.0 Å². The minimum atomic E-state index is -3.69. The summed E-state index contributed by atoms with van der Waals surface area (Å²) >= 11 is 0.959. The van der Waals surface area contributed by atoms with Gasteiger partial charge in [0.05, 0.1) is 15.1 Å². The number of fused-ring (bicyclic) bond motifs is 1. The first kappa shape index (κ1) is 18.3. The summed E-state index contributed by atoms with van der Waals surface area (Å²) in [5, 5.41) is 0.827. The van der Waals surface area contributed by atoms with E-state index >= 15 is 0 Å². The zero-order chi connectivity index (χ0) is 18.2. The normalized spacial score (nSPS) is 19.4. The van der Waals surface area contributed by atoms with Crippen molar-refractivity contribution < 1.29 is 16.8 Å². The van der Waals surface area contributed by atoms with E-state index in [1.807, 2.05) is 0 Å². The number of hydrogen-bond donors (Lipinski definition) is 2. The van der Waals surface area contributed by atoms with Gasteiger partial charge in [-0.2, -0.15) is 4.31 Å². The third kappa shape index (κ3) is 3.85. The molecule has 0 radical (unpaired) electrons. The Balaban J connectivity index is 1.76. The number of nitrogens with one attached hydrogen (secondary N) is 2. The van der Waals surface area contributed by atoms with Crippen molar-refractivity contribution in [1.29, 1.82) is 0 Å². The van der Waals surface area contributed by atoms with Crippen molar-refractivity contribution in [2.45, 2.75) is 11.3 Å². The molecule has 0 saturated carbocycles. The largest absolute Gasteiger partial charge is 0.312 e. The molecule has 3 rings (SSSR count). The van der Waals surface area contributed by atoms with Crippen LogP contribution >= 0.6 is 11.3 Å². The van der Waals surface area contributed by atoms with Crippen LogP contribution in [0.3, 0.4) is 0 Å². The third-order valence-corrected chi connectivity index (χ3v) is 7.79. The molecule has 1 aliphatic heterocycles. The van der Waals surface area contributed by atoms with Crippen LogP contribution in [0.5, 0.6) is 0 Å². The van der Waals surface area contributed by atoms with Crippen molar-refractivity contribution in [3.05, 3.63) is 39.9 Å². The molecule has 8 nitrogen and oxygen atoms in total. The molecule has 0 spiro atoms. The third-order valence-electron chi connectivity index (χ3n) is 4.07. The van der Waals surface area contributed by atoms with Gasteiger partial charge in [0.15, 0.2) is 0 Å². The van der Waals surface area contributed by atoms with Crippen molar-refractivity contribution >= 4 is 41.6 Å². The molecule has 0 aliphatic carbocycles. The molecule has 0 bridgehead atoms. The second-order valence-electron chi connectivity index (χ2n) is 5.75. The van der Waals surface area contributed by atoms with Gasteiger partial charge in [-0.25, -0.2) is 21.6 Å². The lowest BCUT2D eigenvalue weighted by Gasteiger charge is -2.16. The molecular formula is C14H17N3O5S3. The highest BCUT2D eigenvalue weighted by molar-refractivity contribution is 7.92. The lowest BCUT2D eigenvalue weighted by Crippen LogP contribution is -2.32. The standard InChI is InChI=1S/C14H17N3O5S3/c1-2-24(19,20)15-8-10-5-6-17(9-10)25(21,22)11-3-4-12-13(7-11)23-14(18)16-12/h2-4,7,10,15H,1,5-6,8-9H2,(H,16,18). The summed E-state index contributed by atoms with van der Waals surface area (Å²) in [6, 6.07) is 4.53. The number of sulfonamides is 2. The van der Waals surface area contributed by atoms with Crippen molar-refractivity contribution in [3.63, 3.8) is 0 Å². The molecule has 25 heavy (non-hydrogen) atoms. The van der Waals surface area contributed by atoms with Gasteiger partial charge in [-0.05, 0) is 30.5 Å². The Kier molecular flexibility index (Phi) is 4.86. The fourth-order valence-corrected chi connectivity index (χ4v) is 5.70. The SMILES string of the molecule is C=CS(=O)(=O)NCC1CCN(S(=O)(=O)c2ccc3[nH]c(=O)sc3c2)C1. The van der Waals surface area contributed by atoms with Crippen LogP contribution in [0.25, 0.3) is 10.2 Å². The Morgan fingerprint density at radius 1 is 1.36 bits per heavy atom. The lowest BCUT2D eigenvalue weighted by molar-refractivity contribution is 0.455. The van der Waals surface area contributed by atoms with Crippen LogP contribution in [0, 0.1) is 5.92 Å². The first-order valence-corrected chi connectivity index (χ1v) is 11.3. The highest BCUT2D eigenvalue weighted by Gasteiger charge is 2.33. The zero-order valence-electron chi connectivity index (χ0n) is 13.1. The Hall–Kier alpha value is -1.53. The molecule has 1 atom stereocenters. The maximum Gasteiger partial charge on any atom is 0.305 e. The van der Waals surface area contributed by atoms with Gasteiger partial charge >= 0.3 is 4.87 Å². The van der Waals surface area contributed by atoms with Gasteiger partial charge in [0.25, 0.3) is 0 Å². The number of rotatable bonds is 6. The van der Waals surface area contributed by atoms with Gasteiger partial charge < -0.3 is 4.98 Å². The molecule has 2 aromatic rings. The summed E-state index contributed by atoms with van der Waals surface area (Å²) in [4.78, 5) is 13.9. The Bertz CT molecular complexity index is 1070. The van der Waals surface area contributed by atoms with E-state index in [2.05, 4.69) is 16.3 Å². The summed E-state index contributed by atoms with van der Waals surface area (Å²) in [5.74, 6) is -0.100. The van der Waals surface area contributed by atoms with E-state index in [9.17, 15) is 21.6 Å². The van der Waals surface area contributed by atoms with Crippen LogP contribution in [0.2, 0.25) is 0 Å². The van der Waals surface area contributed by atoms with Crippen LogP contribution in [0.4, 0.5) is 0 Å². The Morgan fingerprint density at radius 2 is 2.12 bits per heavy atom. The maximum absolute atomic E-state index is 12.8. The average molecular weight is 404 g/mol. The minimum Gasteiger partial charge on any atom is -0.312 e. The Labute approximate surface area is 149 Å². The van der Waals surface area contributed by atoms with Crippen LogP contribution in [-0.4, -0.2) is 45.8 Å². The van der Waals surface area contributed by atoms with Crippen LogP contribution in [0.1, 0.15) is 6.42 Å². The van der Waals surface area contributed by atoms with Gasteiger partial charge in [0.2, 0.25) is 20.0 Å². The van der Waals surface area contributed by atoms with Crippen molar-refractivity contribution in [3.8, 4) is 0 Å². The summed E-state index contributed by atoms with van der Waals surface area (Å²) in [6.45, 7) is 3.95. The van der Waals surface area contributed by atoms with Crippen molar-refractivity contribution in [2.75, 3.05) is 19.6 Å². The molecule has 136 valence electrons. The predicted molar refractivity (Wildman–Crippen MR) is 96.4 cm³/mol. The summed E-state index contributed by atoms with van der Waals surface area (Å²) < 4.78 is 52.7. The topological polar surface area (TPSA) is 116 Å². The second-order valence-corrected chi connectivity index (χ2v) is 10.4. The van der Waals surface area contributed by atoms with E-state index in [1.54, 1.807) is 6.07 Å². The molecular weight excluding hydrogens is 386 g/mol. The molecule has 1 fully saturated rings. The fourth-order valence-electron chi connectivity index (χ4n) is 2.71. The van der Waals surface area contributed by atoms with E-state index in [1.165, 1.54) is 16.4 Å². The second kappa shape index (κ2) is 6.65. The molecule has 2 N–H and O–H groups in total. The molecule has 1 aromatic carbocycles. The van der Waals surface area contributed by atoms with Gasteiger partial charge in [-0.1, -0.05) is 17.9 Å². The molecule has 1 saturated heterocycles. The number of aromatic amines is 1. The maximum atomic E-state index is 12.8. The van der Waals surface area contributed by atoms with Gasteiger partial charge in [0.1, 0.15) is 0 Å². The van der Waals surface area contributed by atoms with Crippen LogP contribution in [-0.2, 0) is 20.0 Å². The Morgan fingerprint density at radius 3 is 2.84 bits per heavy atom. The molecule has 1 aromatic heterocycles. The number of benzene rings is 1. The molecule has 1 aliphatic rings. The average Bonchev–Trinajstić information content (AvgIpc) is 3.18. The first-order valence-electron chi connectivity index (χ1n) is 7.46. The molecule has 2 heterocycles. The van der Waals surface area contributed by atoms with E-state index in [4.69, 9.17) is 0 Å². The van der Waals surface area contributed by atoms with Crippen molar-refractivity contribution in [1.82, 2.24) is 14.0 Å². The number of aromatic nitrogens is 1. The first-order chi connectivity index (χ1) is 11.7. The minimum absolute atomic E-state index is 0.100. The van der Waals surface area contributed by atoms with E-state index in [0.29, 0.717) is 23.2 Å². The summed E-state index contributed by atoms with van der Waals surface area (Å²) in [6.07, 6.45) is 0.568. The smallest absolute Gasteiger partial charge is 0.305 e. The number of thiazole rings is 1. The molecule has 1 unspecified atom stereocenters. The van der Waals surface area contributed by atoms with Gasteiger partial charge in [-0.3, -0.25) is 4.79 Å². The summed E-state index contributed by atoms with van der Waals surface area (Å²) in [7, 11) is -7.21. The molecule has 0 amide bonds. The number of nitrogens with zero attached hydrogens (tertiary/aromatic N) is 1. The highest BCUT2D eigenvalue weighted by atomic mass is 32.2. The predicted octanol–water partition coefficient (Wildman–Crippen LogP) is 0.663. The van der Waals surface area contributed by atoms with Crippen molar-refractivity contribution in [2.24, 2.45) is 5.92 Å². The van der Waals surface area contributed by atoms with Crippen LogP contribution < -0.4 is 9.60 Å². The quantitative estimate of drug-likeness (QED) is 0.735. The summed E-state index contributed by atoms with van der Waals surface area (Å²) in [5.41, 5.74) is 0.604. The van der Waals surface area contributed by atoms with E-state index in [-0.39, 0.29) is 28.8 Å². The molecule has 11 heteroatoms. The monoisotopic (exact) mass is 403 g/mol. The highest BCUT2D eigenvalue weighted by Crippen LogP contribution is 2.26. The zero-order valence-corrected chi connectivity index (χ0v) is 15.6. The lowest BCUT2D eigenvalue weighted by atomic mass is 10.1. The fraction of sp³-hybridized carbons (Fsp3) is 0.357. The number of H-pyrrole nitrogens is 1. The van der Waals surface area contributed by atoms with Gasteiger partial charge in [0, 0.05) is 25.0 Å².